The molecule has 1 unspecified atom stereocenters. The monoisotopic (exact) mass is 233 g/mol. The Morgan fingerprint density at radius 3 is 2.59 bits per heavy atom. The van der Waals surface area contributed by atoms with Gasteiger partial charge in [-0.1, -0.05) is 24.3 Å². The zero-order valence-electron chi connectivity index (χ0n) is 10.9. The first kappa shape index (κ1) is 12.6. The second kappa shape index (κ2) is 5.19. The van der Waals surface area contributed by atoms with Crippen LogP contribution in [0.5, 0.6) is 0 Å². The molecular formula is C15H23NO. The molecule has 0 aliphatic carbocycles. The van der Waals surface area contributed by atoms with E-state index in [1.54, 1.807) is 0 Å². The van der Waals surface area contributed by atoms with Gasteiger partial charge in [-0.15, -0.1) is 0 Å². The number of aliphatic hydroxyl groups is 1. The van der Waals surface area contributed by atoms with Crippen LogP contribution in [-0.2, 0) is 6.42 Å². The van der Waals surface area contributed by atoms with Crippen LogP contribution in [-0.4, -0.2) is 23.8 Å². The molecule has 2 nitrogen and oxygen atoms in total. The van der Waals surface area contributed by atoms with Crippen molar-refractivity contribution in [1.29, 1.82) is 0 Å². The molecule has 1 aromatic carbocycles. The average Bonchev–Trinajstić information content (AvgIpc) is 2.33. The van der Waals surface area contributed by atoms with Crippen LogP contribution in [0.15, 0.2) is 24.3 Å². The summed E-state index contributed by atoms with van der Waals surface area (Å²) in [6, 6.07) is 8.36. The number of rotatable bonds is 3. The molecule has 17 heavy (non-hydrogen) atoms. The summed E-state index contributed by atoms with van der Waals surface area (Å²) in [6.07, 6.45) is 2.93. The van der Waals surface area contributed by atoms with Gasteiger partial charge in [0.1, 0.15) is 0 Å². The molecule has 2 heteroatoms. The third-order valence-corrected chi connectivity index (χ3v) is 4.03. The molecule has 0 saturated carbocycles. The minimum atomic E-state index is -0.575. The van der Waals surface area contributed by atoms with Crippen LogP contribution in [0.3, 0.4) is 0 Å². The third-order valence-electron chi connectivity index (χ3n) is 4.03. The van der Waals surface area contributed by atoms with Gasteiger partial charge in [0, 0.05) is 6.42 Å². The molecule has 1 saturated heterocycles. The number of benzene rings is 1. The SMILES string of the molecule is Cc1ccccc1CC(C)(O)C1CCNCC1. The topological polar surface area (TPSA) is 32.3 Å². The van der Waals surface area contributed by atoms with E-state index in [4.69, 9.17) is 0 Å². The molecular weight excluding hydrogens is 210 g/mol. The average molecular weight is 233 g/mol. The Morgan fingerprint density at radius 1 is 1.29 bits per heavy atom. The van der Waals surface area contributed by atoms with Crippen molar-refractivity contribution in [2.24, 2.45) is 5.92 Å². The highest BCUT2D eigenvalue weighted by Crippen LogP contribution is 2.29. The molecule has 0 aromatic heterocycles. The molecule has 0 radical (unpaired) electrons. The van der Waals surface area contributed by atoms with Gasteiger partial charge in [0.2, 0.25) is 0 Å². The third kappa shape index (κ3) is 3.08. The minimum absolute atomic E-state index is 0.420. The Kier molecular flexibility index (Phi) is 3.85. The summed E-state index contributed by atoms with van der Waals surface area (Å²) in [4.78, 5) is 0. The molecule has 0 bridgehead atoms. The highest BCUT2D eigenvalue weighted by Gasteiger charge is 2.32. The Balaban J connectivity index is 2.08. The summed E-state index contributed by atoms with van der Waals surface area (Å²) in [5.41, 5.74) is 1.98. The maximum Gasteiger partial charge on any atom is 0.0689 e. The molecule has 1 fully saturated rings. The lowest BCUT2D eigenvalue weighted by atomic mass is 9.78. The van der Waals surface area contributed by atoms with Crippen molar-refractivity contribution in [1.82, 2.24) is 5.32 Å². The second-order valence-corrected chi connectivity index (χ2v) is 5.48. The van der Waals surface area contributed by atoms with Gasteiger partial charge < -0.3 is 10.4 Å². The zero-order valence-corrected chi connectivity index (χ0v) is 10.9. The first-order valence-electron chi connectivity index (χ1n) is 6.57. The lowest BCUT2D eigenvalue weighted by molar-refractivity contribution is -0.0132. The van der Waals surface area contributed by atoms with Crippen molar-refractivity contribution in [2.45, 2.75) is 38.7 Å². The molecule has 1 atom stereocenters. The molecule has 1 aromatic rings. The molecule has 1 aliphatic rings. The molecule has 1 aliphatic heterocycles. The van der Waals surface area contributed by atoms with Crippen LogP contribution < -0.4 is 5.32 Å². The summed E-state index contributed by atoms with van der Waals surface area (Å²) in [7, 11) is 0. The first-order chi connectivity index (χ1) is 8.09. The highest BCUT2D eigenvalue weighted by atomic mass is 16.3. The number of aryl methyl sites for hydroxylation is 1. The summed E-state index contributed by atoms with van der Waals surface area (Å²) in [5.74, 6) is 0.420. The normalized spacial score (nSPS) is 21.1. The number of hydrogen-bond donors (Lipinski definition) is 2. The van der Waals surface area contributed by atoms with E-state index in [0.717, 1.165) is 32.4 Å². The molecule has 2 N–H and O–H groups in total. The number of nitrogens with one attached hydrogen (secondary N) is 1. The Morgan fingerprint density at radius 2 is 1.94 bits per heavy atom. The van der Waals surface area contributed by atoms with Gasteiger partial charge in [-0.25, -0.2) is 0 Å². The van der Waals surface area contributed by atoms with Gasteiger partial charge in [0.05, 0.1) is 5.60 Å². The molecule has 0 amide bonds. The standard InChI is InChI=1S/C15H23NO/c1-12-5-3-4-6-13(12)11-15(2,17)14-7-9-16-10-8-14/h3-6,14,16-17H,7-11H2,1-2H3. The van der Waals surface area contributed by atoms with Crippen molar-refractivity contribution < 1.29 is 5.11 Å². The largest absolute Gasteiger partial charge is 0.390 e. The number of hydrogen-bond acceptors (Lipinski definition) is 2. The fourth-order valence-electron chi connectivity index (χ4n) is 2.78. The van der Waals surface area contributed by atoms with E-state index in [1.807, 2.05) is 6.92 Å². The summed E-state index contributed by atoms with van der Waals surface area (Å²) < 4.78 is 0. The van der Waals surface area contributed by atoms with Gasteiger partial charge in [-0.05, 0) is 56.8 Å². The van der Waals surface area contributed by atoms with Crippen LogP contribution >= 0.6 is 0 Å². The van der Waals surface area contributed by atoms with Crippen molar-refractivity contribution >= 4 is 0 Å². The lowest BCUT2D eigenvalue weighted by Gasteiger charge is -2.36. The van der Waals surface area contributed by atoms with E-state index >= 15 is 0 Å². The van der Waals surface area contributed by atoms with Crippen LogP contribution in [0.25, 0.3) is 0 Å². The van der Waals surface area contributed by atoms with Crippen molar-refractivity contribution in [3.63, 3.8) is 0 Å². The van der Waals surface area contributed by atoms with Crippen LogP contribution in [0.4, 0.5) is 0 Å². The fraction of sp³-hybridized carbons (Fsp3) is 0.600. The van der Waals surface area contributed by atoms with E-state index in [-0.39, 0.29) is 0 Å². The van der Waals surface area contributed by atoms with Crippen LogP contribution in [0.2, 0.25) is 0 Å². The summed E-state index contributed by atoms with van der Waals surface area (Å²) in [5, 5.41) is 14.0. The van der Waals surface area contributed by atoms with Gasteiger partial charge in [0.25, 0.3) is 0 Å². The van der Waals surface area contributed by atoms with E-state index in [2.05, 4.69) is 36.5 Å². The second-order valence-electron chi connectivity index (χ2n) is 5.48. The lowest BCUT2D eigenvalue weighted by Crippen LogP contribution is -2.43. The van der Waals surface area contributed by atoms with Gasteiger partial charge in [-0.3, -0.25) is 0 Å². The smallest absolute Gasteiger partial charge is 0.0689 e. The molecule has 0 spiro atoms. The van der Waals surface area contributed by atoms with Crippen molar-refractivity contribution in [2.75, 3.05) is 13.1 Å². The van der Waals surface area contributed by atoms with Gasteiger partial charge in [-0.2, -0.15) is 0 Å². The summed E-state index contributed by atoms with van der Waals surface area (Å²) in [6.45, 7) is 6.19. The minimum Gasteiger partial charge on any atom is -0.390 e. The fourth-order valence-corrected chi connectivity index (χ4v) is 2.78. The van der Waals surface area contributed by atoms with Crippen LogP contribution in [0, 0.1) is 12.8 Å². The Bertz CT molecular complexity index is 367. The van der Waals surface area contributed by atoms with E-state index in [9.17, 15) is 5.11 Å². The van der Waals surface area contributed by atoms with E-state index in [1.165, 1.54) is 11.1 Å². The van der Waals surface area contributed by atoms with E-state index in [0.29, 0.717) is 5.92 Å². The van der Waals surface area contributed by atoms with E-state index < -0.39 is 5.60 Å². The molecule has 94 valence electrons. The number of piperidine rings is 1. The highest BCUT2D eigenvalue weighted by molar-refractivity contribution is 5.27. The quantitative estimate of drug-likeness (QED) is 0.839. The maximum atomic E-state index is 10.7. The molecule has 2 rings (SSSR count). The molecule has 1 heterocycles. The predicted octanol–water partition coefficient (Wildman–Crippen LogP) is 2.29. The zero-order chi connectivity index (χ0) is 12.3. The first-order valence-corrected chi connectivity index (χ1v) is 6.57. The maximum absolute atomic E-state index is 10.7. The van der Waals surface area contributed by atoms with Crippen molar-refractivity contribution in [3.8, 4) is 0 Å². The van der Waals surface area contributed by atoms with Gasteiger partial charge >= 0.3 is 0 Å². The van der Waals surface area contributed by atoms with Crippen molar-refractivity contribution in [3.05, 3.63) is 35.4 Å². The summed E-state index contributed by atoms with van der Waals surface area (Å²) >= 11 is 0. The Labute approximate surface area is 104 Å². The van der Waals surface area contributed by atoms with Crippen LogP contribution in [0.1, 0.15) is 30.9 Å². The predicted molar refractivity (Wildman–Crippen MR) is 71.1 cm³/mol. The van der Waals surface area contributed by atoms with Gasteiger partial charge in [0.15, 0.2) is 0 Å². The Hall–Kier alpha value is -0.860.